The molecule has 0 aliphatic carbocycles. The highest BCUT2D eigenvalue weighted by Gasteiger charge is 2.38. The van der Waals surface area contributed by atoms with E-state index in [0.717, 1.165) is 23.9 Å². The Bertz CT molecular complexity index is 933. The predicted octanol–water partition coefficient (Wildman–Crippen LogP) is 5.44. The Labute approximate surface area is 179 Å². The second kappa shape index (κ2) is 9.26. The molecule has 0 nitrogen and oxygen atoms in total. The van der Waals surface area contributed by atoms with E-state index in [1.165, 1.54) is 21.1 Å². The van der Waals surface area contributed by atoms with Crippen molar-refractivity contribution < 1.29 is 0 Å². The van der Waals surface area contributed by atoms with Crippen molar-refractivity contribution >= 4 is 35.2 Å². The summed E-state index contributed by atoms with van der Waals surface area (Å²) in [5, 5.41) is 5.28. The molecule has 0 fully saturated rings. The summed E-state index contributed by atoms with van der Waals surface area (Å²) < 4.78 is 0. The van der Waals surface area contributed by atoms with E-state index in [1.54, 1.807) is 0 Å². The summed E-state index contributed by atoms with van der Waals surface area (Å²) in [7, 11) is -2.14. The summed E-state index contributed by atoms with van der Waals surface area (Å²) in [5.41, 5.74) is 1.24. The lowest BCUT2D eigenvalue weighted by Crippen LogP contribution is -2.66. The van der Waals surface area contributed by atoms with Crippen LogP contribution in [0.5, 0.6) is 0 Å². The molecule has 0 bridgehead atoms. The second-order valence-electron chi connectivity index (χ2n) is 7.45. The van der Waals surface area contributed by atoms with Crippen LogP contribution in [0.1, 0.15) is 12.0 Å². The molecule has 0 atom stereocenters. The summed E-state index contributed by atoms with van der Waals surface area (Å²) in [5.74, 6) is 0. The monoisotopic (exact) mass is 412 g/mol. The van der Waals surface area contributed by atoms with Crippen molar-refractivity contribution in [1.82, 2.24) is 0 Å². The summed E-state index contributed by atoms with van der Waals surface area (Å²) in [6.45, 7) is 0. The van der Waals surface area contributed by atoms with E-state index in [4.69, 9.17) is 11.6 Å². The van der Waals surface area contributed by atoms with Crippen LogP contribution >= 0.6 is 11.6 Å². The number of aryl methyl sites for hydroxylation is 1. The fourth-order valence-corrected chi connectivity index (χ4v) is 9.43. The molecular formula is C27H25ClSi. The van der Waals surface area contributed by atoms with Gasteiger partial charge >= 0.3 is 0 Å². The lowest BCUT2D eigenvalue weighted by atomic mass is 10.1. The van der Waals surface area contributed by atoms with Gasteiger partial charge in [-0.25, -0.2) is 0 Å². The first kappa shape index (κ1) is 19.7. The van der Waals surface area contributed by atoms with Gasteiger partial charge in [-0.15, -0.1) is 0 Å². The van der Waals surface area contributed by atoms with E-state index in [-0.39, 0.29) is 0 Å². The van der Waals surface area contributed by atoms with E-state index in [9.17, 15) is 0 Å². The van der Waals surface area contributed by atoms with E-state index < -0.39 is 8.07 Å². The number of rotatable bonds is 7. The van der Waals surface area contributed by atoms with Gasteiger partial charge in [0.1, 0.15) is 8.07 Å². The van der Waals surface area contributed by atoms with Crippen molar-refractivity contribution in [3.8, 4) is 0 Å². The normalized spacial score (nSPS) is 11.3. The van der Waals surface area contributed by atoms with Crippen molar-refractivity contribution in [2.75, 3.05) is 0 Å². The van der Waals surface area contributed by atoms with Crippen LogP contribution in [0.2, 0.25) is 11.1 Å². The Morgan fingerprint density at radius 3 is 1.38 bits per heavy atom. The first-order chi connectivity index (χ1) is 14.3. The quantitative estimate of drug-likeness (QED) is 0.280. The molecule has 0 aliphatic heterocycles. The van der Waals surface area contributed by atoms with Gasteiger partial charge in [-0.1, -0.05) is 127 Å². The zero-order chi connectivity index (χ0) is 19.9. The van der Waals surface area contributed by atoms with Crippen LogP contribution in [0.15, 0.2) is 115 Å². The SMILES string of the molecule is Clc1ccccc1CCC[Si](c1ccccc1)(c1ccccc1)c1ccccc1. The second-order valence-corrected chi connectivity index (χ2v) is 11.9. The van der Waals surface area contributed by atoms with Gasteiger partial charge < -0.3 is 0 Å². The molecule has 0 aliphatic rings. The molecule has 29 heavy (non-hydrogen) atoms. The highest BCUT2D eigenvalue weighted by Crippen LogP contribution is 2.21. The maximum absolute atomic E-state index is 6.44. The first-order valence-corrected chi connectivity index (χ1v) is 12.8. The average Bonchev–Trinajstić information content (AvgIpc) is 2.80. The maximum Gasteiger partial charge on any atom is 0.148 e. The van der Waals surface area contributed by atoms with Crippen LogP contribution in [-0.2, 0) is 6.42 Å². The topological polar surface area (TPSA) is 0 Å². The van der Waals surface area contributed by atoms with Crippen molar-refractivity contribution in [1.29, 1.82) is 0 Å². The highest BCUT2D eigenvalue weighted by atomic mass is 35.5. The van der Waals surface area contributed by atoms with Gasteiger partial charge in [-0.2, -0.15) is 0 Å². The molecule has 0 saturated heterocycles. The molecule has 0 spiro atoms. The number of halogens is 1. The molecule has 0 saturated carbocycles. The Morgan fingerprint density at radius 1 is 0.517 bits per heavy atom. The van der Waals surface area contributed by atoms with Crippen LogP contribution in [-0.4, -0.2) is 8.07 Å². The Hall–Kier alpha value is -2.61. The van der Waals surface area contributed by atoms with Gasteiger partial charge in [0.15, 0.2) is 0 Å². The van der Waals surface area contributed by atoms with Gasteiger partial charge in [0.25, 0.3) is 0 Å². The van der Waals surface area contributed by atoms with Gasteiger partial charge in [-0.05, 0) is 39.7 Å². The predicted molar refractivity (Wildman–Crippen MR) is 129 cm³/mol. The van der Waals surface area contributed by atoms with Gasteiger partial charge in [0, 0.05) is 5.02 Å². The van der Waals surface area contributed by atoms with Crippen molar-refractivity contribution in [3.05, 3.63) is 126 Å². The summed E-state index contributed by atoms with van der Waals surface area (Å²) >= 11 is 6.44. The van der Waals surface area contributed by atoms with E-state index in [0.29, 0.717) is 0 Å². The summed E-state index contributed by atoms with van der Waals surface area (Å²) in [4.78, 5) is 0. The molecule has 0 radical (unpaired) electrons. The molecule has 0 amide bonds. The molecule has 0 N–H and O–H groups in total. The molecule has 2 heteroatoms. The lowest BCUT2D eigenvalue weighted by molar-refractivity contribution is 0.909. The zero-order valence-corrected chi connectivity index (χ0v) is 18.2. The Kier molecular flexibility index (Phi) is 6.29. The number of hydrogen-bond donors (Lipinski definition) is 0. The van der Waals surface area contributed by atoms with Gasteiger partial charge in [0.2, 0.25) is 0 Å². The standard InChI is InChI=1S/C27H25ClSi/c28-27-21-11-10-13-23(27)14-12-22-29(24-15-4-1-5-16-24,25-17-6-2-7-18-25)26-19-8-3-9-20-26/h1-11,13,15-21H,12,14,22H2. The molecule has 4 aromatic carbocycles. The molecule has 4 rings (SSSR count). The average molecular weight is 413 g/mol. The largest absolute Gasteiger partial charge is 0.148 e. The summed E-state index contributed by atoms with van der Waals surface area (Å²) in [6, 6.07) is 42.7. The number of hydrogen-bond acceptors (Lipinski definition) is 0. The van der Waals surface area contributed by atoms with Gasteiger partial charge in [-0.3, -0.25) is 0 Å². The smallest absolute Gasteiger partial charge is 0.0840 e. The molecule has 0 unspecified atom stereocenters. The Balaban J connectivity index is 1.78. The van der Waals surface area contributed by atoms with E-state index in [1.807, 2.05) is 12.1 Å². The van der Waals surface area contributed by atoms with Crippen molar-refractivity contribution in [3.63, 3.8) is 0 Å². The van der Waals surface area contributed by atoms with E-state index in [2.05, 4.69) is 103 Å². The zero-order valence-electron chi connectivity index (χ0n) is 16.5. The van der Waals surface area contributed by atoms with Gasteiger partial charge in [0.05, 0.1) is 0 Å². The molecular weight excluding hydrogens is 388 g/mol. The molecule has 0 aromatic heterocycles. The van der Waals surface area contributed by atoms with Crippen molar-refractivity contribution in [2.24, 2.45) is 0 Å². The molecule has 144 valence electrons. The number of benzene rings is 4. The highest BCUT2D eigenvalue weighted by molar-refractivity contribution is 7.11. The van der Waals surface area contributed by atoms with Crippen molar-refractivity contribution in [2.45, 2.75) is 18.9 Å². The van der Waals surface area contributed by atoms with E-state index >= 15 is 0 Å². The maximum atomic E-state index is 6.44. The molecule has 0 heterocycles. The third-order valence-electron chi connectivity index (χ3n) is 5.76. The minimum Gasteiger partial charge on any atom is -0.0840 e. The van der Waals surface area contributed by atoms with Crippen LogP contribution in [0, 0.1) is 0 Å². The lowest BCUT2D eigenvalue weighted by Gasteiger charge is -2.34. The van der Waals surface area contributed by atoms with Crippen LogP contribution in [0.4, 0.5) is 0 Å². The summed E-state index contributed by atoms with van der Waals surface area (Å²) in [6.07, 6.45) is 2.11. The molecule has 4 aromatic rings. The minimum absolute atomic E-state index is 0.874. The fraction of sp³-hybridized carbons (Fsp3) is 0.111. The Morgan fingerprint density at radius 2 is 0.931 bits per heavy atom. The third kappa shape index (κ3) is 4.22. The van der Waals surface area contributed by atoms with Crippen LogP contribution in [0.25, 0.3) is 0 Å². The first-order valence-electron chi connectivity index (χ1n) is 10.2. The van der Waals surface area contributed by atoms with Crippen LogP contribution in [0.3, 0.4) is 0 Å². The van der Waals surface area contributed by atoms with Crippen LogP contribution < -0.4 is 15.6 Å². The fourth-order valence-electron chi connectivity index (χ4n) is 4.35. The minimum atomic E-state index is -2.14. The third-order valence-corrected chi connectivity index (χ3v) is 11.2.